The van der Waals surface area contributed by atoms with Crippen LogP contribution in [0.3, 0.4) is 0 Å². The molecule has 1 amide bonds. The summed E-state index contributed by atoms with van der Waals surface area (Å²) >= 11 is 0. The van der Waals surface area contributed by atoms with Gasteiger partial charge in [-0.2, -0.15) is 9.78 Å². The number of hydrogen-bond acceptors (Lipinski definition) is 6. The maximum Gasteiger partial charge on any atom is 0.269 e. The fourth-order valence-electron chi connectivity index (χ4n) is 3.11. The molecule has 3 aromatic rings. The number of nitrogens with one attached hydrogen (secondary N) is 2. The molecule has 0 saturated heterocycles. The zero-order valence-electron chi connectivity index (χ0n) is 13.6. The molecule has 0 bridgehead atoms. The Bertz CT molecular complexity index is 888. The molecular weight excluding hydrogens is 322 g/mol. The smallest absolute Gasteiger partial charge is 0.269 e. The number of methoxy groups -OCH3 is 1. The van der Waals surface area contributed by atoms with Crippen molar-refractivity contribution >= 4 is 5.91 Å². The van der Waals surface area contributed by atoms with Crippen molar-refractivity contribution in [3.63, 3.8) is 0 Å². The van der Waals surface area contributed by atoms with Gasteiger partial charge in [-0.15, -0.1) is 5.10 Å². The molecular formula is C16H17N7O2. The van der Waals surface area contributed by atoms with E-state index in [0.29, 0.717) is 11.5 Å². The average molecular weight is 339 g/mol. The first-order valence-electron chi connectivity index (χ1n) is 8.01. The number of aromatic amines is 1. The van der Waals surface area contributed by atoms with Crippen molar-refractivity contribution in [3.8, 4) is 11.6 Å². The zero-order valence-corrected chi connectivity index (χ0v) is 13.6. The van der Waals surface area contributed by atoms with Gasteiger partial charge in [-0.25, -0.2) is 0 Å². The van der Waals surface area contributed by atoms with Gasteiger partial charge in [0.15, 0.2) is 5.82 Å². The number of amides is 1. The van der Waals surface area contributed by atoms with Crippen molar-refractivity contribution in [2.75, 3.05) is 7.11 Å². The number of carbonyl (C=O) groups is 1. The Morgan fingerprint density at radius 1 is 1.40 bits per heavy atom. The lowest BCUT2D eigenvalue weighted by Gasteiger charge is -2.26. The molecule has 1 atom stereocenters. The van der Waals surface area contributed by atoms with E-state index in [9.17, 15) is 4.79 Å². The molecule has 25 heavy (non-hydrogen) atoms. The van der Waals surface area contributed by atoms with E-state index in [4.69, 9.17) is 4.74 Å². The molecule has 0 saturated carbocycles. The maximum absolute atomic E-state index is 12.6. The zero-order chi connectivity index (χ0) is 17.2. The monoisotopic (exact) mass is 339 g/mol. The number of aromatic nitrogens is 6. The Balaban J connectivity index is 1.52. The van der Waals surface area contributed by atoms with E-state index in [1.54, 1.807) is 13.2 Å². The molecule has 9 heteroatoms. The number of ether oxygens (including phenoxy) is 1. The van der Waals surface area contributed by atoms with Crippen LogP contribution in [0.1, 0.15) is 40.5 Å². The van der Waals surface area contributed by atoms with Crippen molar-refractivity contribution in [1.82, 2.24) is 35.7 Å². The third-order valence-electron chi connectivity index (χ3n) is 4.36. The summed E-state index contributed by atoms with van der Waals surface area (Å²) in [6.07, 6.45) is 4.33. The molecule has 1 aliphatic rings. The number of H-pyrrole nitrogens is 1. The standard InChI is InChI=1S/C16H17N7O2/c1-25-11-5-6-12-10(7-11)3-2-4-13(12)18-16(24)14-8-15(20-19-14)23-9-17-21-22-23/h5-9,13H,2-4H2,1H3,(H,18,24)(H,19,20). The lowest BCUT2D eigenvalue weighted by molar-refractivity contribution is 0.0927. The Labute approximate surface area is 143 Å². The summed E-state index contributed by atoms with van der Waals surface area (Å²) < 4.78 is 6.67. The predicted octanol–water partition coefficient (Wildman–Crippen LogP) is 1.20. The topological polar surface area (TPSA) is 111 Å². The van der Waals surface area contributed by atoms with Gasteiger partial charge >= 0.3 is 0 Å². The third kappa shape index (κ3) is 2.95. The van der Waals surface area contributed by atoms with Crippen LogP contribution in [-0.4, -0.2) is 43.4 Å². The third-order valence-corrected chi connectivity index (χ3v) is 4.36. The highest BCUT2D eigenvalue weighted by Crippen LogP contribution is 2.32. The Kier molecular flexibility index (Phi) is 3.88. The summed E-state index contributed by atoms with van der Waals surface area (Å²) in [5, 5.41) is 20.7. The van der Waals surface area contributed by atoms with Crippen molar-refractivity contribution < 1.29 is 9.53 Å². The van der Waals surface area contributed by atoms with Gasteiger partial charge in [0.2, 0.25) is 0 Å². The quantitative estimate of drug-likeness (QED) is 0.739. The Hall–Kier alpha value is -3.23. The second kappa shape index (κ2) is 6.34. The molecule has 0 spiro atoms. The van der Waals surface area contributed by atoms with Gasteiger partial charge in [-0.1, -0.05) is 6.07 Å². The molecule has 0 radical (unpaired) electrons. The van der Waals surface area contributed by atoms with Gasteiger partial charge in [0.25, 0.3) is 5.91 Å². The number of fused-ring (bicyclic) bond motifs is 1. The fourth-order valence-corrected chi connectivity index (χ4v) is 3.11. The van der Waals surface area contributed by atoms with E-state index >= 15 is 0 Å². The highest BCUT2D eigenvalue weighted by molar-refractivity contribution is 5.93. The van der Waals surface area contributed by atoms with Gasteiger partial charge in [0.1, 0.15) is 17.8 Å². The molecule has 128 valence electrons. The molecule has 2 N–H and O–H groups in total. The van der Waals surface area contributed by atoms with Gasteiger partial charge < -0.3 is 10.1 Å². The van der Waals surface area contributed by atoms with E-state index in [-0.39, 0.29) is 11.9 Å². The lowest BCUT2D eigenvalue weighted by Crippen LogP contribution is -2.31. The molecule has 1 aromatic carbocycles. The van der Waals surface area contributed by atoms with Gasteiger partial charge in [0, 0.05) is 6.07 Å². The lowest BCUT2D eigenvalue weighted by atomic mass is 9.87. The minimum Gasteiger partial charge on any atom is -0.497 e. The molecule has 0 fully saturated rings. The highest BCUT2D eigenvalue weighted by Gasteiger charge is 2.23. The molecule has 1 aliphatic carbocycles. The second-order valence-corrected chi connectivity index (χ2v) is 5.88. The van der Waals surface area contributed by atoms with E-state index in [1.165, 1.54) is 16.6 Å². The van der Waals surface area contributed by atoms with Crippen LogP contribution < -0.4 is 10.1 Å². The number of hydrogen-bond donors (Lipinski definition) is 2. The van der Waals surface area contributed by atoms with Gasteiger partial charge in [-0.3, -0.25) is 9.89 Å². The Morgan fingerprint density at radius 3 is 3.12 bits per heavy atom. The largest absolute Gasteiger partial charge is 0.497 e. The van der Waals surface area contributed by atoms with Crippen molar-refractivity contribution in [2.45, 2.75) is 25.3 Å². The van der Waals surface area contributed by atoms with Gasteiger partial charge in [0.05, 0.1) is 13.2 Å². The van der Waals surface area contributed by atoms with Crippen LogP contribution in [0.25, 0.3) is 5.82 Å². The van der Waals surface area contributed by atoms with Gasteiger partial charge in [-0.05, 0) is 52.9 Å². The molecule has 0 aliphatic heterocycles. The fraction of sp³-hybridized carbons (Fsp3) is 0.312. The number of tetrazole rings is 1. The van der Waals surface area contributed by atoms with Crippen molar-refractivity contribution in [3.05, 3.63) is 47.4 Å². The number of carbonyl (C=O) groups excluding carboxylic acids is 1. The average Bonchev–Trinajstić information content (AvgIpc) is 3.32. The number of nitrogens with zero attached hydrogens (tertiary/aromatic N) is 5. The van der Waals surface area contributed by atoms with Crippen LogP contribution in [-0.2, 0) is 6.42 Å². The predicted molar refractivity (Wildman–Crippen MR) is 87.4 cm³/mol. The summed E-state index contributed by atoms with van der Waals surface area (Å²) in [6, 6.07) is 7.58. The maximum atomic E-state index is 12.6. The summed E-state index contributed by atoms with van der Waals surface area (Å²) in [4.78, 5) is 12.6. The molecule has 9 nitrogen and oxygen atoms in total. The SMILES string of the molecule is COc1ccc2c(c1)CCCC2NC(=O)c1cc(-n2cnnn2)n[nH]1. The normalized spacial score (nSPS) is 16.3. The van der Waals surface area contributed by atoms with E-state index < -0.39 is 0 Å². The summed E-state index contributed by atoms with van der Waals surface area (Å²) in [5.41, 5.74) is 2.72. The number of benzene rings is 1. The molecule has 2 aromatic heterocycles. The first-order chi connectivity index (χ1) is 12.2. The second-order valence-electron chi connectivity index (χ2n) is 5.88. The van der Waals surface area contributed by atoms with Crippen molar-refractivity contribution in [2.24, 2.45) is 0 Å². The minimum atomic E-state index is -0.208. The van der Waals surface area contributed by atoms with Crippen LogP contribution in [0, 0.1) is 0 Å². The summed E-state index contributed by atoms with van der Waals surface area (Å²) in [5.74, 6) is 1.09. The first kappa shape index (κ1) is 15.3. The molecule has 4 rings (SSSR count). The van der Waals surface area contributed by atoms with Crippen LogP contribution >= 0.6 is 0 Å². The van der Waals surface area contributed by atoms with E-state index in [1.807, 2.05) is 18.2 Å². The van der Waals surface area contributed by atoms with Crippen LogP contribution in [0.15, 0.2) is 30.6 Å². The van der Waals surface area contributed by atoms with E-state index in [0.717, 1.165) is 30.6 Å². The first-order valence-corrected chi connectivity index (χ1v) is 8.01. The summed E-state index contributed by atoms with van der Waals surface area (Å²) in [6.45, 7) is 0. The number of aryl methyl sites for hydroxylation is 1. The molecule has 1 unspecified atom stereocenters. The minimum absolute atomic E-state index is 0.0260. The van der Waals surface area contributed by atoms with E-state index in [2.05, 4.69) is 31.0 Å². The molecule has 2 heterocycles. The number of rotatable bonds is 4. The highest BCUT2D eigenvalue weighted by atomic mass is 16.5. The summed E-state index contributed by atoms with van der Waals surface area (Å²) in [7, 11) is 1.66. The van der Waals surface area contributed by atoms with Crippen LogP contribution in [0.2, 0.25) is 0 Å². The van der Waals surface area contributed by atoms with Crippen LogP contribution in [0.5, 0.6) is 5.75 Å². The Morgan fingerprint density at radius 2 is 2.32 bits per heavy atom. The van der Waals surface area contributed by atoms with Crippen molar-refractivity contribution in [1.29, 1.82) is 0 Å². The van der Waals surface area contributed by atoms with Crippen LogP contribution in [0.4, 0.5) is 0 Å².